The normalized spacial score (nSPS) is 17.6. The number of amides is 3. The number of hydrogen-bond acceptors (Lipinski definition) is 6. The van der Waals surface area contributed by atoms with E-state index in [2.05, 4.69) is 31.1 Å². The summed E-state index contributed by atoms with van der Waals surface area (Å²) >= 11 is 5.83. The number of benzene rings is 2. The second-order valence-corrected chi connectivity index (χ2v) is 12.2. The van der Waals surface area contributed by atoms with Gasteiger partial charge in [0, 0.05) is 30.1 Å². The molecule has 2 aromatic carbocycles. The van der Waals surface area contributed by atoms with E-state index in [0.717, 1.165) is 29.5 Å². The number of aryl methyl sites for hydroxylation is 1. The fourth-order valence-corrected chi connectivity index (χ4v) is 5.17. The van der Waals surface area contributed by atoms with Crippen molar-refractivity contribution in [3.8, 4) is 11.4 Å². The van der Waals surface area contributed by atoms with Crippen molar-refractivity contribution < 1.29 is 19.1 Å². The molecule has 0 unspecified atom stereocenters. The van der Waals surface area contributed by atoms with Crippen molar-refractivity contribution in [3.05, 3.63) is 64.9 Å². The number of ether oxygens (including phenoxy) is 1. The second kappa shape index (κ2) is 13.8. The SMILES string of the molecule is Cc1cccc(C[C@H](NC(=O)C2CCC(CNC(=O)OC(C)(C)C)CC2)C(=O)Nc2ccc(-c3n[nH]c(Cl)n3)cc2)c1. The first-order chi connectivity index (χ1) is 19.9. The number of carbonyl (C=O) groups is 3. The molecule has 0 spiro atoms. The van der Waals surface area contributed by atoms with Crippen LogP contribution in [0.15, 0.2) is 48.5 Å². The van der Waals surface area contributed by atoms with Crippen LogP contribution in [-0.2, 0) is 20.7 Å². The van der Waals surface area contributed by atoms with Crippen LogP contribution in [0.25, 0.3) is 11.4 Å². The third-order valence-electron chi connectivity index (χ3n) is 7.18. The lowest BCUT2D eigenvalue weighted by Gasteiger charge is -2.29. The molecule has 3 amide bonds. The highest BCUT2D eigenvalue weighted by molar-refractivity contribution is 6.28. The Morgan fingerprint density at radius 1 is 1.07 bits per heavy atom. The van der Waals surface area contributed by atoms with Gasteiger partial charge in [0.2, 0.25) is 17.1 Å². The van der Waals surface area contributed by atoms with Gasteiger partial charge in [-0.25, -0.2) is 9.89 Å². The van der Waals surface area contributed by atoms with Crippen molar-refractivity contribution >= 4 is 35.2 Å². The van der Waals surface area contributed by atoms with Crippen molar-refractivity contribution in [2.75, 3.05) is 11.9 Å². The van der Waals surface area contributed by atoms with Gasteiger partial charge in [-0.2, -0.15) is 10.1 Å². The summed E-state index contributed by atoms with van der Waals surface area (Å²) in [5, 5.41) is 15.6. The molecule has 42 heavy (non-hydrogen) atoms. The highest BCUT2D eigenvalue weighted by Gasteiger charge is 2.30. The van der Waals surface area contributed by atoms with Crippen LogP contribution < -0.4 is 16.0 Å². The van der Waals surface area contributed by atoms with Gasteiger partial charge in [0.25, 0.3) is 0 Å². The van der Waals surface area contributed by atoms with Gasteiger partial charge in [-0.1, -0.05) is 29.8 Å². The minimum Gasteiger partial charge on any atom is -0.444 e. The fraction of sp³-hybridized carbons (Fsp3) is 0.452. The van der Waals surface area contributed by atoms with Crippen LogP contribution in [0.2, 0.25) is 5.28 Å². The zero-order valence-corrected chi connectivity index (χ0v) is 25.3. The third kappa shape index (κ3) is 9.30. The monoisotopic (exact) mass is 594 g/mol. The lowest BCUT2D eigenvalue weighted by atomic mass is 9.81. The van der Waals surface area contributed by atoms with Gasteiger partial charge in [-0.05, 0) is 101 Å². The topological polar surface area (TPSA) is 138 Å². The van der Waals surface area contributed by atoms with Crippen LogP contribution in [0.4, 0.5) is 10.5 Å². The minimum absolute atomic E-state index is 0.127. The van der Waals surface area contributed by atoms with Gasteiger partial charge in [-0.15, -0.1) is 0 Å². The second-order valence-electron chi connectivity index (χ2n) is 11.9. The van der Waals surface area contributed by atoms with Crippen LogP contribution in [0.5, 0.6) is 0 Å². The van der Waals surface area contributed by atoms with E-state index in [1.54, 1.807) is 24.3 Å². The number of carbonyl (C=O) groups excluding carboxylic acids is 3. The largest absolute Gasteiger partial charge is 0.444 e. The molecule has 4 rings (SSSR count). The number of alkyl carbamates (subject to hydrolysis) is 1. The van der Waals surface area contributed by atoms with Crippen LogP contribution in [0.3, 0.4) is 0 Å². The quantitative estimate of drug-likeness (QED) is 0.261. The molecular formula is C31H39ClN6O4. The number of halogens is 1. The van der Waals surface area contributed by atoms with Gasteiger partial charge >= 0.3 is 6.09 Å². The number of H-pyrrole nitrogens is 1. The number of nitrogens with zero attached hydrogens (tertiary/aromatic N) is 2. The van der Waals surface area contributed by atoms with E-state index in [-0.39, 0.29) is 28.9 Å². The number of anilines is 1. The van der Waals surface area contributed by atoms with Crippen molar-refractivity contribution in [2.45, 2.75) is 71.4 Å². The summed E-state index contributed by atoms with van der Waals surface area (Å²) in [6.07, 6.45) is 2.94. The Kier molecular flexibility index (Phi) is 10.2. The lowest BCUT2D eigenvalue weighted by Crippen LogP contribution is -2.48. The van der Waals surface area contributed by atoms with E-state index in [0.29, 0.717) is 37.3 Å². The molecule has 11 heteroatoms. The van der Waals surface area contributed by atoms with E-state index in [9.17, 15) is 14.4 Å². The average molecular weight is 595 g/mol. The first-order valence-electron chi connectivity index (χ1n) is 14.3. The summed E-state index contributed by atoms with van der Waals surface area (Å²) in [5.41, 5.74) is 2.84. The molecule has 4 N–H and O–H groups in total. The molecule has 1 saturated carbocycles. The molecule has 1 atom stereocenters. The minimum atomic E-state index is -0.752. The summed E-state index contributed by atoms with van der Waals surface area (Å²) < 4.78 is 5.32. The lowest BCUT2D eigenvalue weighted by molar-refractivity contribution is -0.130. The van der Waals surface area contributed by atoms with Crippen molar-refractivity contribution in [3.63, 3.8) is 0 Å². The Morgan fingerprint density at radius 3 is 2.40 bits per heavy atom. The maximum Gasteiger partial charge on any atom is 0.407 e. The molecule has 0 saturated heterocycles. The maximum absolute atomic E-state index is 13.5. The zero-order chi connectivity index (χ0) is 30.3. The Bertz CT molecular complexity index is 1380. The standard InChI is InChI=1S/C31H39ClN6O4/c1-19-6-5-7-21(16-19)17-25(28(40)34-24-14-12-22(13-15-24)26-36-29(32)38-37-26)35-27(39)23-10-8-20(9-11-23)18-33-30(41)42-31(2,3)4/h5-7,12-16,20,23,25H,8-11,17-18H2,1-4H3,(H,33,41)(H,34,40)(H,35,39)(H,36,37,38)/t20?,23?,25-/m0/s1. The van der Waals surface area contributed by atoms with Crippen molar-refractivity contribution in [1.82, 2.24) is 25.8 Å². The van der Waals surface area contributed by atoms with Gasteiger partial charge in [-0.3, -0.25) is 9.59 Å². The Balaban J connectivity index is 1.35. The van der Waals surface area contributed by atoms with Crippen LogP contribution >= 0.6 is 11.6 Å². The summed E-state index contributed by atoms with van der Waals surface area (Å²) in [5.74, 6) is 0.122. The van der Waals surface area contributed by atoms with Gasteiger partial charge in [0.15, 0.2) is 5.82 Å². The van der Waals surface area contributed by atoms with Crippen molar-refractivity contribution in [1.29, 1.82) is 0 Å². The first kappa shape index (κ1) is 31.0. The molecule has 0 bridgehead atoms. The molecule has 3 aromatic rings. The molecule has 1 aliphatic rings. The smallest absolute Gasteiger partial charge is 0.407 e. The molecule has 1 heterocycles. The molecule has 10 nitrogen and oxygen atoms in total. The molecule has 1 fully saturated rings. The number of hydrogen-bond donors (Lipinski definition) is 4. The first-order valence-corrected chi connectivity index (χ1v) is 14.6. The summed E-state index contributed by atoms with van der Waals surface area (Å²) in [7, 11) is 0. The van der Waals surface area contributed by atoms with Crippen molar-refractivity contribution in [2.24, 2.45) is 11.8 Å². The number of aromatic amines is 1. The average Bonchev–Trinajstić information content (AvgIpc) is 3.37. The molecule has 1 aliphatic carbocycles. The van der Waals surface area contributed by atoms with E-state index in [1.807, 2.05) is 52.0 Å². The maximum atomic E-state index is 13.5. The zero-order valence-electron chi connectivity index (χ0n) is 24.5. The van der Waals surface area contributed by atoms with Gasteiger partial charge < -0.3 is 20.7 Å². The Labute approximate surface area is 251 Å². The fourth-order valence-electron chi connectivity index (χ4n) is 5.05. The highest BCUT2D eigenvalue weighted by atomic mass is 35.5. The number of nitrogens with one attached hydrogen (secondary N) is 4. The van der Waals surface area contributed by atoms with E-state index >= 15 is 0 Å². The number of aromatic nitrogens is 3. The molecule has 224 valence electrons. The predicted octanol–water partition coefficient (Wildman–Crippen LogP) is 5.43. The summed E-state index contributed by atoms with van der Waals surface area (Å²) in [4.78, 5) is 42.9. The van der Waals surface area contributed by atoms with E-state index < -0.39 is 17.7 Å². The molecular weight excluding hydrogens is 556 g/mol. The molecule has 1 aromatic heterocycles. The summed E-state index contributed by atoms with van der Waals surface area (Å²) in [6, 6.07) is 14.3. The van der Waals surface area contributed by atoms with E-state index in [1.165, 1.54) is 0 Å². The Hall–Kier alpha value is -3.92. The van der Waals surface area contributed by atoms with Gasteiger partial charge in [0.05, 0.1) is 0 Å². The molecule has 0 aliphatic heterocycles. The van der Waals surface area contributed by atoms with Gasteiger partial charge in [0.1, 0.15) is 11.6 Å². The summed E-state index contributed by atoms with van der Waals surface area (Å²) in [6.45, 7) is 8.00. The Morgan fingerprint density at radius 2 is 1.79 bits per heavy atom. The predicted molar refractivity (Wildman–Crippen MR) is 162 cm³/mol. The van der Waals surface area contributed by atoms with E-state index in [4.69, 9.17) is 16.3 Å². The highest BCUT2D eigenvalue weighted by Crippen LogP contribution is 2.29. The van der Waals surface area contributed by atoms with Crippen LogP contribution in [-0.4, -0.2) is 51.3 Å². The van der Waals surface area contributed by atoms with Crippen LogP contribution in [0.1, 0.15) is 57.6 Å². The van der Waals surface area contributed by atoms with Crippen LogP contribution in [0, 0.1) is 18.8 Å². The third-order valence-corrected chi connectivity index (χ3v) is 7.34. The number of rotatable bonds is 9. The molecule has 0 radical (unpaired) electrons.